The van der Waals surface area contributed by atoms with Gasteiger partial charge in [0.2, 0.25) is 5.91 Å². The number of aryl methyl sites for hydroxylation is 1. The minimum absolute atomic E-state index is 0.0233. The van der Waals surface area contributed by atoms with Gasteiger partial charge in [-0.25, -0.2) is 0 Å². The first kappa shape index (κ1) is 17.9. The van der Waals surface area contributed by atoms with Crippen LogP contribution in [0.2, 0.25) is 0 Å². The van der Waals surface area contributed by atoms with Crippen molar-refractivity contribution in [3.05, 3.63) is 29.6 Å². The number of carbonyl (C=O) groups is 2. The van der Waals surface area contributed by atoms with Gasteiger partial charge < -0.3 is 10.2 Å². The number of aromatic nitrogens is 1. The number of hydrogen-bond acceptors (Lipinski definition) is 4. The van der Waals surface area contributed by atoms with E-state index in [9.17, 15) is 9.59 Å². The highest BCUT2D eigenvalue weighted by Gasteiger charge is 2.29. The van der Waals surface area contributed by atoms with Crippen molar-refractivity contribution < 1.29 is 9.59 Å². The van der Waals surface area contributed by atoms with Crippen LogP contribution >= 0.6 is 0 Å². The highest BCUT2D eigenvalue weighted by atomic mass is 16.2. The van der Waals surface area contributed by atoms with Crippen LogP contribution in [0.5, 0.6) is 0 Å². The van der Waals surface area contributed by atoms with Crippen molar-refractivity contribution in [2.24, 2.45) is 0 Å². The van der Waals surface area contributed by atoms with Crippen LogP contribution in [0.1, 0.15) is 48.7 Å². The van der Waals surface area contributed by atoms with Gasteiger partial charge in [0.1, 0.15) is 0 Å². The third-order valence-corrected chi connectivity index (χ3v) is 5.39. The molecule has 2 aliphatic rings. The maximum atomic E-state index is 12.5. The number of nitrogens with zero attached hydrogens (tertiary/aromatic N) is 3. The molecule has 2 heterocycles. The van der Waals surface area contributed by atoms with Crippen molar-refractivity contribution in [2.75, 3.05) is 26.2 Å². The third-order valence-electron chi connectivity index (χ3n) is 5.39. The molecule has 2 fully saturated rings. The predicted molar refractivity (Wildman–Crippen MR) is 96.3 cm³/mol. The van der Waals surface area contributed by atoms with Gasteiger partial charge in [0, 0.05) is 44.1 Å². The number of pyridine rings is 1. The van der Waals surface area contributed by atoms with Crippen LogP contribution in [-0.4, -0.2) is 64.9 Å². The SMILES string of the molecule is Cc1ccc(C(=O)N2CCN([C@H](C)C(=O)NC3CCCC3)CC2)cn1. The number of piperazine rings is 1. The molecule has 1 aliphatic heterocycles. The zero-order valence-electron chi connectivity index (χ0n) is 15.2. The van der Waals surface area contributed by atoms with E-state index in [0.717, 1.165) is 31.6 Å². The molecule has 0 aromatic carbocycles. The molecule has 0 bridgehead atoms. The zero-order valence-corrected chi connectivity index (χ0v) is 15.2. The molecule has 1 aromatic heterocycles. The molecule has 6 heteroatoms. The van der Waals surface area contributed by atoms with Gasteiger partial charge in [0.25, 0.3) is 5.91 Å². The lowest BCUT2D eigenvalue weighted by molar-refractivity contribution is -0.127. The molecule has 1 saturated carbocycles. The fourth-order valence-electron chi connectivity index (χ4n) is 3.65. The van der Waals surface area contributed by atoms with Gasteiger partial charge in [0.05, 0.1) is 11.6 Å². The molecular formula is C19H28N4O2. The Morgan fingerprint density at radius 1 is 1.16 bits per heavy atom. The van der Waals surface area contributed by atoms with Gasteiger partial charge in [-0.05, 0) is 38.8 Å². The molecule has 1 aliphatic carbocycles. The van der Waals surface area contributed by atoms with E-state index in [1.54, 1.807) is 6.20 Å². The summed E-state index contributed by atoms with van der Waals surface area (Å²) in [4.78, 5) is 33.2. The maximum absolute atomic E-state index is 12.5. The van der Waals surface area contributed by atoms with E-state index in [1.807, 2.05) is 30.9 Å². The molecule has 6 nitrogen and oxygen atoms in total. The molecule has 0 spiro atoms. The minimum atomic E-state index is -0.140. The van der Waals surface area contributed by atoms with Crippen LogP contribution in [-0.2, 0) is 4.79 Å². The largest absolute Gasteiger partial charge is 0.352 e. The molecule has 136 valence electrons. The van der Waals surface area contributed by atoms with E-state index in [-0.39, 0.29) is 17.9 Å². The van der Waals surface area contributed by atoms with Crippen molar-refractivity contribution >= 4 is 11.8 Å². The second-order valence-corrected chi connectivity index (χ2v) is 7.18. The average Bonchev–Trinajstić information content (AvgIpc) is 3.14. The summed E-state index contributed by atoms with van der Waals surface area (Å²) < 4.78 is 0. The van der Waals surface area contributed by atoms with Crippen molar-refractivity contribution in [1.82, 2.24) is 20.1 Å². The average molecular weight is 344 g/mol. The second-order valence-electron chi connectivity index (χ2n) is 7.18. The molecule has 2 amide bonds. The van der Waals surface area contributed by atoms with Crippen LogP contribution in [0.4, 0.5) is 0 Å². The number of carbonyl (C=O) groups excluding carboxylic acids is 2. The summed E-state index contributed by atoms with van der Waals surface area (Å²) >= 11 is 0. The highest BCUT2D eigenvalue weighted by Crippen LogP contribution is 2.18. The molecule has 0 unspecified atom stereocenters. The van der Waals surface area contributed by atoms with Crippen molar-refractivity contribution in [3.8, 4) is 0 Å². The van der Waals surface area contributed by atoms with Gasteiger partial charge in [-0.3, -0.25) is 19.5 Å². The Kier molecular flexibility index (Phi) is 5.68. The summed E-state index contributed by atoms with van der Waals surface area (Å²) in [5, 5.41) is 3.17. The van der Waals surface area contributed by atoms with E-state index < -0.39 is 0 Å². The molecule has 1 aromatic rings. The summed E-state index contributed by atoms with van der Waals surface area (Å²) in [6.07, 6.45) is 6.28. The lowest BCUT2D eigenvalue weighted by atomic mass is 10.1. The summed E-state index contributed by atoms with van der Waals surface area (Å²) in [6, 6.07) is 3.90. The van der Waals surface area contributed by atoms with Gasteiger partial charge in [-0.1, -0.05) is 12.8 Å². The molecule has 1 N–H and O–H groups in total. The topological polar surface area (TPSA) is 65.5 Å². The van der Waals surface area contributed by atoms with Crippen LogP contribution in [0.25, 0.3) is 0 Å². The Morgan fingerprint density at radius 3 is 2.44 bits per heavy atom. The Bertz CT molecular complexity index is 602. The first-order valence-corrected chi connectivity index (χ1v) is 9.31. The Balaban J connectivity index is 1.49. The van der Waals surface area contributed by atoms with Gasteiger partial charge in [-0.15, -0.1) is 0 Å². The number of amides is 2. The minimum Gasteiger partial charge on any atom is -0.352 e. The molecule has 1 atom stereocenters. The first-order chi connectivity index (χ1) is 12.0. The summed E-state index contributed by atoms with van der Waals surface area (Å²) in [6.45, 7) is 6.62. The van der Waals surface area contributed by atoms with E-state index in [1.165, 1.54) is 12.8 Å². The summed E-state index contributed by atoms with van der Waals surface area (Å²) in [5.74, 6) is 0.143. The molecule has 1 saturated heterocycles. The quantitative estimate of drug-likeness (QED) is 0.901. The standard InChI is InChI=1S/C19H28N4O2/c1-14-7-8-16(13-20-14)19(25)23-11-9-22(10-12-23)15(2)18(24)21-17-5-3-4-6-17/h7-8,13,15,17H,3-6,9-12H2,1-2H3,(H,21,24)/t15-/m1/s1. The van der Waals surface area contributed by atoms with Crippen LogP contribution in [0, 0.1) is 6.92 Å². The van der Waals surface area contributed by atoms with Crippen molar-refractivity contribution in [3.63, 3.8) is 0 Å². The van der Waals surface area contributed by atoms with Crippen LogP contribution in [0.3, 0.4) is 0 Å². The van der Waals surface area contributed by atoms with Gasteiger partial charge in [-0.2, -0.15) is 0 Å². The number of hydrogen-bond donors (Lipinski definition) is 1. The number of rotatable bonds is 4. The van der Waals surface area contributed by atoms with E-state index in [0.29, 0.717) is 24.7 Å². The molecular weight excluding hydrogens is 316 g/mol. The summed E-state index contributed by atoms with van der Waals surface area (Å²) in [7, 11) is 0. The lowest BCUT2D eigenvalue weighted by Gasteiger charge is -2.37. The predicted octanol–water partition coefficient (Wildman–Crippen LogP) is 1.60. The number of nitrogens with one attached hydrogen (secondary N) is 1. The monoisotopic (exact) mass is 344 g/mol. The Labute approximate surface area is 149 Å². The first-order valence-electron chi connectivity index (χ1n) is 9.31. The van der Waals surface area contributed by atoms with E-state index in [2.05, 4.69) is 15.2 Å². The van der Waals surface area contributed by atoms with Gasteiger partial charge in [0.15, 0.2) is 0 Å². The van der Waals surface area contributed by atoms with Gasteiger partial charge >= 0.3 is 0 Å². The fourth-order valence-corrected chi connectivity index (χ4v) is 3.65. The van der Waals surface area contributed by atoms with E-state index >= 15 is 0 Å². The molecule has 0 radical (unpaired) electrons. The Hall–Kier alpha value is -1.95. The second kappa shape index (κ2) is 7.95. The lowest BCUT2D eigenvalue weighted by Crippen LogP contribution is -2.55. The van der Waals surface area contributed by atoms with Crippen LogP contribution < -0.4 is 5.32 Å². The highest BCUT2D eigenvalue weighted by molar-refractivity contribution is 5.94. The molecule has 3 rings (SSSR count). The third kappa shape index (κ3) is 4.37. The fraction of sp³-hybridized carbons (Fsp3) is 0.632. The van der Waals surface area contributed by atoms with Crippen LogP contribution in [0.15, 0.2) is 18.3 Å². The Morgan fingerprint density at radius 2 is 1.84 bits per heavy atom. The zero-order chi connectivity index (χ0) is 17.8. The van der Waals surface area contributed by atoms with Crippen molar-refractivity contribution in [1.29, 1.82) is 0 Å². The van der Waals surface area contributed by atoms with Crippen molar-refractivity contribution in [2.45, 2.75) is 51.6 Å². The smallest absolute Gasteiger partial charge is 0.255 e. The summed E-state index contributed by atoms with van der Waals surface area (Å²) in [5.41, 5.74) is 1.54. The van der Waals surface area contributed by atoms with E-state index in [4.69, 9.17) is 0 Å². The molecule has 25 heavy (non-hydrogen) atoms. The maximum Gasteiger partial charge on any atom is 0.255 e. The normalized spacial score (nSPS) is 20.5.